The lowest BCUT2D eigenvalue weighted by atomic mass is 10.1. The van der Waals surface area contributed by atoms with Gasteiger partial charge >= 0.3 is 0 Å². The molecule has 0 saturated heterocycles. The highest BCUT2D eigenvalue weighted by Gasteiger charge is 2.11. The van der Waals surface area contributed by atoms with Crippen LogP contribution in [0.2, 0.25) is 5.02 Å². The molecule has 0 atom stereocenters. The van der Waals surface area contributed by atoms with E-state index in [4.69, 9.17) is 23.1 Å². The second-order valence-corrected chi connectivity index (χ2v) is 9.79. The number of nitrogens with one attached hydrogen (secondary N) is 3. The van der Waals surface area contributed by atoms with Gasteiger partial charge in [-0.3, -0.25) is 9.97 Å². The second kappa shape index (κ2) is 10.2. The van der Waals surface area contributed by atoms with Crippen molar-refractivity contribution >= 4 is 79.7 Å². The Kier molecular flexibility index (Phi) is 6.37. The summed E-state index contributed by atoms with van der Waals surface area (Å²) in [5.74, 6) is 0.978. The molecular weight excluding hydrogens is 524 g/mol. The minimum absolute atomic E-state index is 0.324. The first-order valence-electron chi connectivity index (χ1n) is 12.5. The second-order valence-electron chi connectivity index (χ2n) is 9.36. The highest BCUT2D eigenvalue weighted by Crippen LogP contribution is 2.28. The Bertz CT molecular complexity index is 1780. The van der Waals surface area contributed by atoms with Gasteiger partial charge in [0.15, 0.2) is 0 Å². The molecule has 198 valence electrons. The Balaban J connectivity index is 1.36. The number of fused-ring (bicyclic) bond motifs is 2. The SMILES string of the molecule is Cc1cc(N)c2cc(Nc3nc(Nc4ccc(Cl)cc4)nc(Nc4ccc5nc(C)cc(N)c5c4)n3)ccc2n1. The number of hydrogen-bond donors (Lipinski definition) is 5. The predicted molar refractivity (Wildman–Crippen MR) is 163 cm³/mol. The molecule has 40 heavy (non-hydrogen) atoms. The fourth-order valence-corrected chi connectivity index (χ4v) is 4.53. The summed E-state index contributed by atoms with van der Waals surface area (Å²) in [7, 11) is 0. The molecule has 3 heterocycles. The van der Waals surface area contributed by atoms with Crippen molar-refractivity contribution in [1.82, 2.24) is 24.9 Å². The van der Waals surface area contributed by atoms with E-state index in [9.17, 15) is 0 Å². The zero-order chi connectivity index (χ0) is 27.8. The topological polar surface area (TPSA) is 153 Å². The fraction of sp³-hybridized carbons (Fsp3) is 0.0690. The lowest BCUT2D eigenvalue weighted by Gasteiger charge is -2.13. The van der Waals surface area contributed by atoms with Gasteiger partial charge in [0.1, 0.15) is 0 Å². The van der Waals surface area contributed by atoms with E-state index >= 15 is 0 Å². The number of hydrogen-bond acceptors (Lipinski definition) is 10. The first-order valence-corrected chi connectivity index (χ1v) is 12.8. The van der Waals surface area contributed by atoms with Crippen molar-refractivity contribution < 1.29 is 0 Å². The number of nitrogens with two attached hydrogens (primary N) is 2. The number of halogens is 1. The number of nitrogens with zero attached hydrogens (tertiary/aromatic N) is 5. The lowest BCUT2D eigenvalue weighted by Crippen LogP contribution is -2.07. The van der Waals surface area contributed by atoms with Crippen LogP contribution in [0.15, 0.2) is 72.8 Å². The van der Waals surface area contributed by atoms with E-state index < -0.39 is 0 Å². The van der Waals surface area contributed by atoms with Gasteiger partial charge < -0.3 is 27.4 Å². The summed E-state index contributed by atoms with van der Waals surface area (Å²) in [5.41, 5.74) is 19.4. The Labute approximate surface area is 234 Å². The highest BCUT2D eigenvalue weighted by atomic mass is 35.5. The molecule has 0 unspecified atom stereocenters. The van der Waals surface area contributed by atoms with Gasteiger partial charge in [0.05, 0.1) is 11.0 Å². The van der Waals surface area contributed by atoms with Crippen molar-refractivity contribution in [3.8, 4) is 0 Å². The van der Waals surface area contributed by atoms with Gasteiger partial charge in [0.2, 0.25) is 17.8 Å². The number of rotatable bonds is 6. The maximum atomic E-state index is 6.26. The van der Waals surface area contributed by atoms with Gasteiger partial charge in [-0.1, -0.05) is 11.6 Å². The van der Waals surface area contributed by atoms with Crippen molar-refractivity contribution in [3.05, 3.63) is 89.2 Å². The van der Waals surface area contributed by atoms with Gasteiger partial charge in [-0.25, -0.2) is 0 Å². The Hall–Kier alpha value is -5.22. The summed E-state index contributed by atoms with van der Waals surface area (Å²) in [6.07, 6.45) is 0. The van der Waals surface area contributed by atoms with Crippen molar-refractivity contribution in [2.24, 2.45) is 0 Å². The minimum Gasteiger partial charge on any atom is -0.398 e. The maximum Gasteiger partial charge on any atom is 0.233 e. The average Bonchev–Trinajstić information content (AvgIpc) is 2.90. The molecule has 0 aliphatic heterocycles. The monoisotopic (exact) mass is 548 g/mol. The number of aryl methyl sites for hydroxylation is 2. The summed E-state index contributed by atoms with van der Waals surface area (Å²) in [4.78, 5) is 22.9. The molecular formula is C29H25ClN10. The predicted octanol–water partition coefficient (Wildman–Crippen LogP) is 6.63. The summed E-state index contributed by atoms with van der Waals surface area (Å²) < 4.78 is 0. The molecule has 0 amide bonds. The van der Waals surface area contributed by atoms with Crippen LogP contribution in [0.25, 0.3) is 21.8 Å². The molecule has 0 radical (unpaired) electrons. The Morgan fingerprint density at radius 3 is 1.38 bits per heavy atom. The van der Waals surface area contributed by atoms with Crippen LogP contribution in [-0.4, -0.2) is 24.9 Å². The van der Waals surface area contributed by atoms with Crippen LogP contribution < -0.4 is 27.4 Å². The molecule has 0 bridgehead atoms. The maximum absolute atomic E-state index is 6.26. The summed E-state index contributed by atoms with van der Waals surface area (Å²) >= 11 is 6.05. The highest BCUT2D eigenvalue weighted by molar-refractivity contribution is 6.30. The largest absolute Gasteiger partial charge is 0.398 e. The van der Waals surface area contributed by atoms with Gasteiger partial charge in [-0.05, 0) is 86.6 Å². The van der Waals surface area contributed by atoms with Gasteiger partial charge in [-0.2, -0.15) is 15.0 Å². The van der Waals surface area contributed by atoms with E-state index in [1.165, 1.54) is 0 Å². The number of pyridine rings is 2. The molecule has 0 fully saturated rings. The first kappa shape index (κ1) is 25.1. The number of anilines is 8. The zero-order valence-electron chi connectivity index (χ0n) is 21.7. The Morgan fingerprint density at radius 1 is 0.525 bits per heavy atom. The molecule has 0 aliphatic carbocycles. The van der Waals surface area contributed by atoms with E-state index in [0.29, 0.717) is 34.2 Å². The van der Waals surface area contributed by atoms with E-state index in [1.54, 1.807) is 12.1 Å². The van der Waals surface area contributed by atoms with Crippen LogP contribution in [0.3, 0.4) is 0 Å². The standard InChI is InChI=1S/C29H25ClN10/c1-15-11-23(31)21-13-19(7-9-25(21)33-15)36-28-38-27(35-18-5-3-17(30)4-6-18)39-29(40-28)37-20-8-10-26-22(14-20)24(32)12-16(2)34-26/h3-14H,1-2H3,(H2,31,33)(H2,32,34)(H3,35,36,37,38,39,40). The van der Waals surface area contributed by atoms with E-state index in [0.717, 1.165) is 50.3 Å². The zero-order valence-corrected chi connectivity index (χ0v) is 22.5. The Morgan fingerprint density at radius 2 is 0.925 bits per heavy atom. The van der Waals surface area contributed by atoms with E-state index in [1.807, 2.05) is 74.5 Å². The third-order valence-corrected chi connectivity index (χ3v) is 6.44. The normalized spacial score (nSPS) is 11.1. The number of aromatic nitrogens is 5. The smallest absolute Gasteiger partial charge is 0.233 e. The molecule has 3 aromatic heterocycles. The van der Waals surface area contributed by atoms with Crippen molar-refractivity contribution in [2.75, 3.05) is 27.4 Å². The molecule has 11 heteroatoms. The molecule has 6 aromatic rings. The van der Waals surface area contributed by atoms with Crippen LogP contribution in [-0.2, 0) is 0 Å². The quantitative estimate of drug-likeness (QED) is 0.153. The third kappa shape index (κ3) is 5.33. The molecule has 10 nitrogen and oxygen atoms in total. The van der Waals surface area contributed by atoms with Gasteiger partial charge in [0, 0.05) is 55.6 Å². The molecule has 0 spiro atoms. The average molecular weight is 549 g/mol. The fourth-order valence-electron chi connectivity index (χ4n) is 4.40. The minimum atomic E-state index is 0.324. The van der Waals surface area contributed by atoms with Crippen LogP contribution in [0.1, 0.15) is 11.4 Å². The van der Waals surface area contributed by atoms with Crippen molar-refractivity contribution in [1.29, 1.82) is 0 Å². The van der Waals surface area contributed by atoms with Crippen LogP contribution in [0, 0.1) is 13.8 Å². The van der Waals surface area contributed by atoms with Crippen molar-refractivity contribution in [3.63, 3.8) is 0 Å². The van der Waals surface area contributed by atoms with E-state index in [-0.39, 0.29) is 0 Å². The van der Waals surface area contributed by atoms with Crippen LogP contribution in [0.5, 0.6) is 0 Å². The van der Waals surface area contributed by atoms with E-state index in [2.05, 4.69) is 40.9 Å². The first-order chi connectivity index (χ1) is 19.3. The molecule has 6 rings (SSSR count). The number of benzene rings is 3. The molecule has 3 aromatic carbocycles. The van der Waals surface area contributed by atoms with Crippen molar-refractivity contribution in [2.45, 2.75) is 13.8 Å². The van der Waals surface area contributed by atoms with Crippen LogP contribution >= 0.6 is 11.6 Å². The molecule has 0 saturated carbocycles. The number of nitrogen functional groups attached to an aromatic ring is 2. The summed E-state index contributed by atoms with van der Waals surface area (Å²) in [6.45, 7) is 3.83. The summed E-state index contributed by atoms with van der Waals surface area (Å²) in [5, 5.41) is 12.0. The van der Waals surface area contributed by atoms with Gasteiger partial charge in [-0.15, -0.1) is 0 Å². The molecule has 7 N–H and O–H groups in total. The summed E-state index contributed by atoms with van der Waals surface area (Å²) in [6, 6.07) is 22.4. The third-order valence-electron chi connectivity index (χ3n) is 6.19. The lowest BCUT2D eigenvalue weighted by molar-refractivity contribution is 1.06. The molecule has 0 aliphatic rings. The van der Waals surface area contributed by atoms with Gasteiger partial charge in [0.25, 0.3) is 0 Å². The van der Waals surface area contributed by atoms with Crippen LogP contribution in [0.4, 0.5) is 46.3 Å².